The fraction of sp³-hybridized carbons (Fsp3) is 0.421. The molecule has 28 heavy (non-hydrogen) atoms. The molecule has 0 bridgehead atoms. The van der Waals surface area contributed by atoms with Crippen LogP contribution >= 0.6 is 0 Å². The first kappa shape index (κ1) is 18.5. The molecular weight excluding hydrogens is 371 g/mol. The molecule has 0 aromatic carbocycles. The number of hydrogen-bond acceptors (Lipinski definition) is 5. The Morgan fingerprint density at radius 1 is 1.21 bits per heavy atom. The van der Waals surface area contributed by atoms with Gasteiger partial charge >= 0.3 is 6.18 Å². The van der Waals surface area contributed by atoms with Crippen molar-refractivity contribution < 1.29 is 17.9 Å². The summed E-state index contributed by atoms with van der Waals surface area (Å²) in [4.78, 5) is 14.6. The van der Waals surface area contributed by atoms with E-state index in [1.807, 2.05) is 23.7 Å². The Morgan fingerprint density at radius 3 is 2.86 bits per heavy atom. The molecule has 3 aromatic heterocycles. The minimum Gasteiger partial charge on any atom is -0.493 e. The number of hydrogen-bond donors (Lipinski definition) is 0. The number of anilines is 1. The molecule has 6 nitrogen and oxygen atoms in total. The summed E-state index contributed by atoms with van der Waals surface area (Å²) in [6, 6.07) is 6.18. The number of fused-ring (bicyclic) bond motifs is 1. The van der Waals surface area contributed by atoms with Crippen molar-refractivity contribution in [2.24, 2.45) is 13.0 Å². The van der Waals surface area contributed by atoms with Gasteiger partial charge in [-0.25, -0.2) is 9.97 Å². The van der Waals surface area contributed by atoms with Crippen LogP contribution in [-0.4, -0.2) is 39.2 Å². The number of imidazole rings is 1. The summed E-state index contributed by atoms with van der Waals surface area (Å²) in [5, 5.41) is 0. The number of ether oxygens (including phenoxy) is 1. The monoisotopic (exact) mass is 391 g/mol. The van der Waals surface area contributed by atoms with Gasteiger partial charge < -0.3 is 9.64 Å². The topological polar surface area (TPSA) is 56.1 Å². The van der Waals surface area contributed by atoms with Gasteiger partial charge in [-0.3, -0.25) is 9.55 Å². The highest BCUT2D eigenvalue weighted by atomic mass is 19.4. The number of aryl methyl sites for hydroxylation is 1. The Bertz CT molecular complexity index is 972. The summed E-state index contributed by atoms with van der Waals surface area (Å²) >= 11 is 0. The summed E-state index contributed by atoms with van der Waals surface area (Å²) in [7, 11) is 1.94. The molecule has 1 fully saturated rings. The number of piperidine rings is 1. The van der Waals surface area contributed by atoms with Gasteiger partial charge in [-0.05, 0) is 31.0 Å². The standard InChI is InChI=1S/C19H20F3N5O/c1-26-17-15(5-2-7-24-17)25-18(26)27-9-3-4-13(11-27)12-28-14-6-8-23-16(10-14)19(20,21)22/h2,5-8,10,13H,3-4,9,11-12H2,1H3. The van der Waals surface area contributed by atoms with E-state index in [1.165, 1.54) is 6.07 Å². The Labute approximate surface area is 160 Å². The molecule has 0 amide bonds. The van der Waals surface area contributed by atoms with Crippen LogP contribution in [0.5, 0.6) is 5.75 Å². The van der Waals surface area contributed by atoms with E-state index in [9.17, 15) is 13.2 Å². The smallest absolute Gasteiger partial charge is 0.433 e. The van der Waals surface area contributed by atoms with E-state index in [1.54, 1.807) is 6.20 Å². The zero-order valence-corrected chi connectivity index (χ0v) is 15.4. The molecule has 1 saturated heterocycles. The minimum atomic E-state index is -4.48. The van der Waals surface area contributed by atoms with Crippen molar-refractivity contribution in [3.63, 3.8) is 0 Å². The Morgan fingerprint density at radius 2 is 2.07 bits per heavy atom. The van der Waals surface area contributed by atoms with Gasteiger partial charge in [-0.2, -0.15) is 13.2 Å². The van der Waals surface area contributed by atoms with Crippen LogP contribution in [0.3, 0.4) is 0 Å². The van der Waals surface area contributed by atoms with Crippen LogP contribution in [0.15, 0.2) is 36.7 Å². The number of rotatable bonds is 4. The molecule has 0 aliphatic carbocycles. The Hall–Kier alpha value is -2.84. The van der Waals surface area contributed by atoms with Crippen LogP contribution in [0.4, 0.5) is 19.1 Å². The predicted molar refractivity (Wildman–Crippen MR) is 98.2 cm³/mol. The lowest BCUT2D eigenvalue weighted by Gasteiger charge is -2.33. The van der Waals surface area contributed by atoms with Crippen LogP contribution in [-0.2, 0) is 13.2 Å². The summed E-state index contributed by atoms with van der Waals surface area (Å²) in [5.74, 6) is 1.23. The molecule has 4 heterocycles. The van der Waals surface area contributed by atoms with E-state index in [0.29, 0.717) is 6.61 Å². The third-order valence-corrected chi connectivity index (χ3v) is 4.91. The second-order valence-corrected chi connectivity index (χ2v) is 6.96. The van der Waals surface area contributed by atoms with Gasteiger partial charge in [0.15, 0.2) is 5.65 Å². The van der Waals surface area contributed by atoms with Crippen molar-refractivity contribution >= 4 is 17.1 Å². The number of aromatic nitrogens is 4. The molecule has 0 N–H and O–H groups in total. The van der Waals surface area contributed by atoms with E-state index in [0.717, 1.165) is 55.3 Å². The molecule has 148 valence electrons. The predicted octanol–water partition coefficient (Wildman–Crippen LogP) is 3.68. The lowest BCUT2D eigenvalue weighted by molar-refractivity contribution is -0.141. The highest BCUT2D eigenvalue weighted by Gasteiger charge is 2.33. The average Bonchev–Trinajstić information content (AvgIpc) is 3.03. The number of alkyl halides is 3. The van der Waals surface area contributed by atoms with Gasteiger partial charge in [0.25, 0.3) is 0 Å². The van der Waals surface area contributed by atoms with Crippen molar-refractivity contribution in [3.05, 3.63) is 42.4 Å². The maximum Gasteiger partial charge on any atom is 0.433 e. The SMILES string of the molecule is Cn1c(N2CCCC(COc3ccnc(C(F)(F)F)c3)C2)nc2cccnc21. The zero-order valence-electron chi connectivity index (χ0n) is 15.4. The average molecular weight is 391 g/mol. The largest absolute Gasteiger partial charge is 0.493 e. The molecule has 4 rings (SSSR count). The highest BCUT2D eigenvalue weighted by Crippen LogP contribution is 2.30. The molecule has 1 aliphatic rings. The molecule has 3 aromatic rings. The number of pyridine rings is 2. The fourth-order valence-corrected chi connectivity index (χ4v) is 3.55. The lowest BCUT2D eigenvalue weighted by atomic mass is 9.99. The minimum absolute atomic E-state index is 0.186. The van der Waals surface area contributed by atoms with E-state index in [2.05, 4.69) is 19.9 Å². The summed E-state index contributed by atoms with van der Waals surface area (Å²) < 4.78 is 46.0. The summed E-state index contributed by atoms with van der Waals surface area (Å²) in [6.07, 6.45) is 0.308. The van der Waals surface area contributed by atoms with Crippen molar-refractivity contribution in [2.75, 3.05) is 24.6 Å². The van der Waals surface area contributed by atoms with Gasteiger partial charge in [0.05, 0.1) is 6.61 Å². The Balaban J connectivity index is 1.44. The summed E-state index contributed by atoms with van der Waals surface area (Å²) in [5.41, 5.74) is 0.727. The summed E-state index contributed by atoms with van der Waals surface area (Å²) in [6.45, 7) is 1.95. The first-order valence-electron chi connectivity index (χ1n) is 9.10. The van der Waals surface area contributed by atoms with Gasteiger partial charge in [0.1, 0.15) is 17.0 Å². The third-order valence-electron chi connectivity index (χ3n) is 4.91. The second kappa shape index (κ2) is 7.29. The van der Waals surface area contributed by atoms with Crippen LogP contribution in [0, 0.1) is 5.92 Å². The third kappa shape index (κ3) is 3.74. The van der Waals surface area contributed by atoms with Crippen molar-refractivity contribution in [3.8, 4) is 5.75 Å². The first-order valence-corrected chi connectivity index (χ1v) is 9.10. The maximum absolute atomic E-state index is 12.8. The van der Waals surface area contributed by atoms with E-state index < -0.39 is 11.9 Å². The second-order valence-electron chi connectivity index (χ2n) is 6.96. The molecular formula is C19H20F3N5O. The molecule has 1 unspecified atom stereocenters. The molecule has 9 heteroatoms. The van der Waals surface area contributed by atoms with E-state index >= 15 is 0 Å². The highest BCUT2D eigenvalue weighted by molar-refractivity contribution is 5.74. The van der Waals surface area contributed by atoms with Crippen molar-refractivity contribution in [1.82, 2.24) is 19.5 Å². The zero-order chi connectivity index (χ0) is 19.7. The van der Waals surface area contributed by atoms with E-state index in [-0.39, 0.29) is 11.7 Å². The normalized spacial score (nSPS) is 17.9. The molecule has 0 radical (unpaired) electrons. The molecule has 0 spiro atoms. The quantitative estimate of drug-likeness (QED) is 0.679. The van der Waals surface area contributed by atoms with Crippen LogP contribution in [0.2, 0.25) is 0 Å². The maximum atomic E-state index is 12.8. The van der Waals surface area contributed by atoms with Gasteiger partial charge in [0.2, 0.25) is 5.95 Å². The number of nitrogens with zero attached hydrogens (tertiary/aromatic N) is 5. The van der Waals surface area contributed by atoms with Gasteiger partial charge in [0, 0.05) is 44.5 Å². The van der Waals surface area contributed by atoms with Crippen LogP contribution in [0.25, 0.3) is 11.2 Å². The number of halogens is 3. The van der Waals surface area contributed by atoms with Crippen molar-refractivity contribution in [1.29, 1.82) is 0 Å². The van der Waals surface area contributed by atoms with E-state index in [4.69, 9.17) is 4.74 Å². The first-order chi connectivity index (χ1) is 13.4. The van der Waals surface area contributed by atoms with Gasteiger partial charge in [-0.15, -0.1) is 0 Å². The van der Waals surface area contributed by atoms with Crippen LogP contribution in [0.1, 0.15) is 18.5 Å². The lowest BCUT2D eigenvalue weighted by Crippen LogP contribution is -2.39. The van der Waals surface area contributed by atoms with Gasteiger partial charge in [-0.1, -0.05) is 0 Å². The molecule has 0 saturated carbocycles. The molecule has 1 atom stereocenters. The van der Waals surface area contributed by atoms with Crippen LogP contribution < -0.4 is 9.64 Å². The van der Waals surface area contributed by atoms with Crippen molar-refractivity contribution in [2.45, 2.75) is 19.0 Å². The molecule has 1 aliphatic heterocycles. The Kier molecular flexibility index (Phi) is 4.82. The fourth-order valence-electron chi connectivity index (χ4n) is 3.55.